The predicted molar refractivity (Wildman–Crippen MR) is 43.9 cm³/mol. The summed E-state index contributed by atoms with van der Waals surface area (Å²) in [5, 5.41) is 0. The van der Waals surface area contributed by atoms with E-state index in [1.807, 2.05) is 13.1 Å². The van der Waals surface area contributed by atoms with Crippen LogP contribution in [0.5, 0.6) is 0 Å². The van der Waals surface area contributed by atoms with E-state index in [0.717, 1.165) is 6.04 Å². The highest BCUT2D eigenvalue weighted by atomic mass is 28.4. The van der Waals surface area contributed by atoms with Gasteiger partial charge in [-0.05, 0) is 33.0 Å². The van der Waals surface area contributed by atoms with Crippen molar-refractivity contribution in [2.45, 2.75) is 33.0 Å². The third kappa shape index (κ3) is 7.92. The van der Waals surface area contributed by atoms with E-state index >= 15 is 0 Å². The summed E-state index contributed by atoms with van der Waals surface area (Å²) in [6, 6.07) is 0.884. The first-order valence-corrected chi connectivity index (χ1v) is 6.43. The van der Waals surface area contributed by atoms with E-state index in [1.54, 1.807) is 0 Å². The first-order chi connectivity index (χ1) is 3.92. The van der Waals surface area contributed by atoms with Crippen LogP contribution in [0.25, 0.3) is 0 Å². The van der Waals surface area contributed by atoms with Gasteiger partial charge in [0.1, 0.15) is 0 Å². The van der Waals surface area contributed by atoms with Crippen molar-refractivity contribution >= 4 is 8.32 Å². The predicted octanol–water partition coefficient (Wildman–Crippen LogP) is 2.15. The molecule has 0 aromatic heterocycles. The fraction of sp³-hybridized carbons (Fsp3) is 0.714. The van der Waals surface area contributed by atoms with Gasteiger partial charge >= 0.3 is 0 Å². The zero-order valence-corrected chi connectivity index (χ0v) is 7.73. The molecule has 0 unspecified atom stereocenters. The lowest BCUT2D eigenvalue weighted by atomic mass is 10.3. The minimum Gasteiger partial charge on any atom is -0.432 e. The molecule has 0 atom stereocenters. The molecule has 0 fully saturated rings. The second-order valence-corrected chi connectivity index (χ2v) is 7.33. The molecular weight excluding hydrogens is 128 g/mol. The Morgan fingerprint density at radius 1 is 1.44 bits per heavy atom. The maximum absolute atomic E-state index is 9.36. The molecule has 0 radical (unpaired) electrons. The van der Waals surface area contributed by atoms with E-state index in [-0.39, 0.29) is 0 Å². The van der Waals surface area contributed by atoms with Crippen molar-refractivity contribution in [3.63, 3.8) is 0 Å². The first kappa shape index (κ1) is 8.92. The Balaban J connectivity index is 3.64. The second kappa shape index (κ2) is 3.18. The van der Waals surface area contributed by atoms with Crippen LogP contribution in [0.3, 0.4) is 0 Å². The molecule has 0 aliphatic rings. The summed E-state index contributed by atoms with van der Waals surface area (Å²) in [6.45, 7) is 8.01. The highest BCUT2D eigenvalue weighted by Gasteiger charge is 2.13. The lowest BCUT2D eigenvalue weighted by molar-refractivity contribution is 0.554. The number of allylic oxidation sites excluding steroid dienone is 2. The van der Waals surface area contributed by atoms with Crippen molar-refractivity contribution in [3.8, 4) is 0 Å². The minimum absolute atomic E-state index is 0.884. The minimum atomic E-state index is -1.80. The van der Waals surface area contributed by atoms with Gasteiger partial charge in [-0.15, -0.1) is 0 Å². The molecule has 9 heavy (non-hydrogen) atoms. The summed E-state index contributed by atoms with van der Waals surface area (Å²) in [7, 11) is -1.80. The summed E-state index contributed by atoms with van der Waals surface area (Å²) in [4.78, 5) is 9.36. The molecule has 0 amide bonds. The molecule has 0 saturated carbocycles. The van der Waals surface area contributed by atoms with Crippen LogP contribution >= 0.6 is 0 Å². The summed E-state index contributed by atoms with van der Waals surface area (Å²) in [5.41, 5.74) is 1.30. The van der Waals surface area contributed by atoms with Crippen LogP contribution < -0.4 is 0 Å². The van der Waals surface area contributed by atoms with Crippen molar-refractivity contribution in [3.05, 3.63) is 11.6 Å². The first-order valence-electron chi connectivity index (χ1n) is 3.27. The van der Waals surface area contributed by atoms with E-state index in [1.165, 1.54) is 5.57 Å². The fourth-order valence-corrected chi connectivity index (χ4v) is 1.36. The van der Waals surface area contributed by atoms with Gasteiger partial charge in [0.05, 0.1) is 0 Å². The topological polar surface area (TPSA) is 20.2 Å². The third-order valence-electron chi connectivity index (χ3n) is 1.01. The van der Waals surface area contributed by atoms with Crippen LogP contribution in [0.15, 0.2) is 11.6 Å². The molecule has 2 heteroatoms. The monoisotopic (exact) mass is 144 g/mol. The maximum Gasteiger partial charge on any atom is 0.186 e. The van der Waals surface area contributed by atoms with Crippen molar-refractivity contribution in [2.24, 2.45) is 0 Å². The van der Waals surface area contributed by atoms with Gasteiger partial charge in [-0.3, -0.25) is 0 Å². The van der Waals surface area contributed by atoms with Crippen LogP contribution in [0.4, 0.5) is 0 Å². The molecule has 0 aromatic carbocycles. The Hall–Kier alpha value is -0.0831. The smallest absolute Gasteiger partial charge is 0.186 e. The van der Waals surface area contributed by atoms with Crippen molar-refractivity contribution < 1.29 is 4.80 Å². The summed E-state index contributed by atoms with van der Waals surface area (Å²) < 4.78 is 0. The molecule has 1 nitrogen and oxygen atoms in total. The molecule has 0 heterocycles. The van der Waals surface area contributed by atoms with Gasteiger partial charge in [-0.2, -0.15) is 0 Å². The normalized spacial score (nSPS) is 11.2. The number of hydrogen-bond acceptors (Lipinski definition) is 1. The van der Waals surface area contributed by atoms with Crippen LogP contribution in [-0.2, 0) is 0 Å². The van der Waals surface area contributed by atoms with Gasteiger partial charge in [-0.25, -0.2) is 0 Å². The molecule has 0 bridgehead atoms. The average molecular weight is 144 g/mol. The van der Waals surface area contributed by atoms with E-state index in [2.05, 4.69) is 19.9 Å². The highest BCUT2D eigenvalue weighted by molar-refractivity contribution is 6.70. The zero-order valence-electron chi connectivity index (χ0n) is 6.73. The van der Waals surface area contributed by atoms with Crippen molar-refractivity contribution in [2.75, 3.05) is 0 Å². The SMILES string of the molecule is CC(C)=CC[Si](C)(C)O. The highest BCUT2D eigenvalue weighted by Crippen LogP contribution is 2.06. The van der Waals surface area contributed by atoms with Crippen LogP contribution in [0.1, 0.15) is 13.8 Å². The second-order valence-electron chi connectivity index (χ2n) is 3.30. The Bertz CT molecular complexity index is 107. The quantitative estimate of drug-likeness (QED) is 0.465. The van der Waals surface area contributed by atoms with Crippen LogP contribution in [0, 0.1) is 0 Å². The fourth-order valence-electron chi connectivity index (χ4n) is 0.454. The molecule has 0 aliphatic heterocycles. The third-order valence-corrected chi connectivity index (χ3v) is 2.21. The van der Waals surface area contributed by atoms with Crippen molar-refractivity contribution in [1.29, 1.82) is 0 Å². The van der Waals surface area contributed by atoms with Gasteiger partial charge in [0.2, 0.25) is 0 Å². The molecule has 0 aromatic rings. The maximum atomic E-state index is 9.36. The molecule has 0 aliphatic carbocycles. The molecule has 1 N–H and O–H groups in total. The standard InChI is InChI=1S/C7H16OSi/c1-7(2)5-6-9(3,4)8/h5,8H,6H2,1-4H3. The summed E-state index contributed by atoms with van der Waals surface area (Å²) in [5.74, 6) is 0. The largest absolute Gasteiger partial charge is 0.432 e. The lowest BCUT2D eigenvalue weighted by Gasteiger charge is -2.09. The van der Waals surface area contributed by atoms with E-state index in [9.17, 15) is 4.80 Å². The van der Waals surface area contributed by atoms with Gasteiger partial charge in [-0.1, -0.05) is 11.6 Å². The van der Waals surface area contributed by atoms with Crippen molar-refractivity contribution in [1.82, 2.24) is 0 Å². The van der Waals surface area contributed by atoms with E-state index < -0.39 is 8.32 Å². The molecule has 0 saturated heterocycles. The van der Waals surface area contributed by atoms with E-state index in [0.29, 0.717) is 0 Å². The van der Waals surface area contributed by atoms with Gasteiger partial charge in [0, 0.05) is 0 Å². The van der Waals surface area contributed by atoms with E-state index in [4.69, 9.17) is 0 Å². The molecule has 54 valence electrons. The Labute approximate surface area is 58.5 Å². The average Bonchev–Trinajstić information content (AvgIpc) is 1.59. The van der Waals surface area contributed by atoms with Crippen LogP contribution in [0.2, 0.25) is 19.1 Å². The number of hydrogen-bond donors (Lipinski definition) is 1. The molecule has 0 spiro atoms. The molecule has 0 rings (SSSR count). The summed E-state index contributed by atoms with van der Waals surface area (Å²) in [6.07, 6.45) is 2.10. The zero-order chi connectivity index (χ0) is 7.49. The molecular formula is C7H16OSi. The van der Waals surface area contributed by atoms with Gasteiger partial charge in [0.15, 0.2) is 8.32 Å². The Kier molecular flexibility index (Phi) is 3.15. The van der Waals surface area contributed by atoms with Gasteiger partial charge in [0.25, 0.3) is 0 Å². The Morgan fingerprint density at radius 3 is 2.00 bits per heavy atom. The lowest BCUT2D eigenvalue weighted by Crippen LogP contribution is -2.23. The van der Waals surface area contributed by atoms with Crippen LogP contribution in [-0.4, -0.2) is 13.1 Å². The Morgan fingerprint density at radius 2 is 1.89 bits per heavy atom. The number of rotatable bonds is 2. The summed E-state index contributed by atoms with van der Waals surface area (Å²) >= 11 is 0. The van der Waals surface area contributed by atoms with Gasteiger partial charge < -0.3 is 4.80 Å².